The smallest absolute Gasteiger partial charge is 0.326 e. The number of carbonyl (C=O) groups excluding carboxylic acids is 8. The molecule has 444 valence electrons. The topological polar surface area (TPSA) is 465 Å². The van der Waals surface area contributed by atoms with Crippen LogP contribution >= 0.6 is 11.8 Å². The second kappa shape index (κ2) is 33.9. The highest BCUT2D eigenvalue weighted by atomic mass is 32.2. The highest BCUT2D eigenvalue weighted by molar-refractivity contribution is 7.98. The van der Waals surface area contributed by atoms with Gasteiger partial charge in [-0.1, -0.05) is 64.4 Å². The van der Waals surface area contributed by atoms with Crippen LogP contribution in [0.25, 0.3) is 0 Å². The molecule has 29 nitrogen and oxygen atoms in total. The lowest BCUT2D eigenvalue weighted by molar-refractivity contribution is -0.143. The van der Waals surface area contributed by atoms with E-state index in [-0.39, 0.29) is 37.8 Å². The van der Waals surface area contributed by atoms with E-state index in [1.165, 1.54) is 57.6 Å². The van der Waals surface area contributed by atoms with Crippen LogP contribution in [0.5, 0.6) is 0 Å². The average Bonchev–Trinajstić information content (AvgIpc) is 4.17. The average molecular weight is 1160 g/mol. The molecule has 81 heavy (non-hydrogen) atoms. The van der Waals surface area contributed by atoms with Gasteiger partial charge in [0.1, 0.15) is 48.3 Å². The van der Waals surface area contributed by atoms with Crippen molar-refractivity contribution in [3.05, 3.63) is 72.3 Å². The Kier molecular flexibility index (Phi) is 28.0. The molecular weight excluding hydrogens is 1080 g/mol. The minimum absolute atomic E-state index is 0.177. The van der Waals surface area contributed by atoms with E-state index >= 15 is 0 Å². The normalized spacial score (nSPS) is 14.8. The predicted molar refractivity (Wildman–Crippen MR) is 289 cm³/mol. The summed E-state index contributed by atoms with van der Waals surface area (Å²) in [7, 11) is 0. The maximum Gasteiger partial charge on any atom is 0.326 e. The second-order valence-electron chi connectivity index (χ2n) is 19.4. The van der Waals surface area contributed by atoms with E-state index in [1.54, 1.807) is 43.5 Å². The SMILES string of the molecule is CC[C@H](C)[C@H](NC(=O)[C@H](CCC(=O)O)NC(=O)[C@H](Cc1cnc[nH]1)NC(=O)[C@H](Cc1ccccc1)NC(=O)[C@H](CCC(=O)O)NC(=O)[C@@H](N)CCSC)C(=O)N[C@@H](CC(=O)O)C(=O)N[C@H](C(=O)N[C@@H](Cc1cnc[nH]1)C(=O)O)C(C)C. The molecule has 0 radical (unpaired) electrons. The van der Waals surface area contributed by atoms with Crippen molar-refractivity contribution in [2.45, 2.75) is 146 Å². The lowest BCUT2D eigenvalue weighted by Gasteiger charge is -2.30. The molecule has 3 rings (SSSR count). The van der Waals surface area contributed by atoms with Crippen LogP contribution in [0.4, 0.5) is 0 Å². The zero-order valence-electron chi connectivity index (χ0n) is 45.4. The molecular formula is C51H73N13O16S. The van der Waals surface area contributed by atoms with Crippen LogP contribution in [0.1, 0.15) is 89.6 Å². The zero-order valence-corrected chi connectivity index (χ0v) is 46.2. The van der Waals surface area contributed by atoms with Crippen molar-refractivity contribution in [2.75, 3.05) is 12.0 Å². The van der Waals surface area contributed by atoms with Gasteiger partial charge in [-0.05, 0) is 48.7 Å². The molecule has 2 aromatic heterocycles. The Morgan fingerprint density at radius 2 is 0.963 bits per heavy atom. The molecule has 16 N–H and O–H groups in total. The van der Waals surface area contributed by atoms with Gasteiger partial charge in [-0.25, -0.2) is 14.8 Å². The first kappa shape index (κ1) is 66.9. The highest BCUT2D eigenvalue weighted by Gasteiger charge is 2.38. The van der Waals surface area contributed by atoms with E-state index in [4.69, 9.17) is 5.73 Å². The number of imidazole rings is 2. The Balaban J connectivity index is 1.94. The quantitative estimate of drug-likeness (QED) is 0.0300. The summed E-state index contributed by atoms with van der Waals surface area (Å²) in [4.78, 5) is 173. The summed E-state index contributed by atoms with van der Waals surface area (Å²) < 4.78 is 0. The van der Waals surface area contributed by atoms with Crippen LogP contribution in [-0.4, -0.2) is 178 Å². The van der Waals surface area contributed by atoms with E-state index < -0.39 is 169 Å². The standard InChI is InChI=1S/C51H73N13O16S/c1-6-27(4)42(50(78)61-36(21-40(69)70)48(76)63-41(26(2)3)49(77)62-37(51(79)80)20-30-23-54-25-56-30)64-45(73)33(13-15-39(67)68)58-47(75)35(19-29-22-53-24-55-29)60-46(74)34(18-28-10-8-7-9-11-28)59-44(72)32(12-14-38(65)66)57-43(71)31(52)16-17-81-5/h7-11,22-27,31-37,41-42H,6,12-21,52H2,1-5H3,(H,53,55)(H,54,56)(H,57,71)(H,58,75)(H,59,72)(H,60,74)(H,61,78)(H,62,77)(H,63,76)(H,64,73)(H,65,66)(H,67,68)(H,69,70)(H,79,80)/t27-,31-,32-,33-,34-,35-,36-,37-,41-,42-/m0/s1. The molecule has 8 amide bonds. The van der Waals surface area contributed by atoms with Gasteiger partial charge in [0.05, 0.1) is 25.1 Å². The predicted octanol–water partition coefficient (Wildman–Crippen LogP) is -1.89. The van der Waals surface area contributed by atoms with Gasteiger partial charge in [-0.2, -0.15) is 11.8 Å². The number of aromatic amines is 2. The van der Waals surface area contributed by atoms with Crippen LogP contribution < -0.4 is 48.3 Å². The first-order valence-corrected chi connectivity index (χ1v) is 27.3. The van der Waals surface area contributed by atoms with Crippen molar-refractivity contribution in [3.8, 4) is 0 Å². The molecule has 1 aromatic carbocycles. The van der Waals surface area contributed by atoms with Gasteiger partial charge in [0.15, 0.2) is 0 Å². The molecule has 0 bridgehead atoms. The molecule has 0 saturated carbocycles. The van der Waals surface area contributed by atoms with Crippen molar-refractivity contribution in [1.29, 1.82) is 0 Å². The number of benzene rings is 1. The van der Waals surface area contributed by atoms with Gasteiger partial charge >= 0.3 is 23.9 Å². The molecule has 0 spiro atoms. The number of nitrogens with one attached hydrogen (secondary N) is 10. The van der Waals surface area contributed by atoms with Crippen LogP contribution in [0, 0.1) is 11.8 Å². The molecule has 0 unspecified atom stereocenters. The Labute approximate surface area is 470 Å². The Morgan fingerprint density at radius 3 is 1.43 bits per heavy atom. The summed E-state index contributed by atoms with van der Waals surface area (Å²) >= 11 is 1.43. The molecule has 30 heteroatoms. The lowest BCUT2D eigenvalue weighted by atomic mass is 9.96. The van der Waals surface area contributed by atoms with Crippen molar-refractivity contribution in [1.82, 2.24) is 62.5 Å². The fraction of sp³-hybridized carbons (Fsp3) is 0.529. The number of carboxylic acid groups (broad SMARTS) is 4. The van der Waals surface area contributed by atoms with Crippen molar-refractivity contribution in [2.24, 2.45) is 17.6 Å². The summed E-state index contributed by atoms with van der Waals surface area (Å²) in [5.74, 6) is -14.7. The number of thioether (sulfide) groups is 1. The van der Waals surface area contributed by atoms with Crippen molar-refractivity contribution in [3.63, 3.8) is 0 Å². The van der Waals surface area contributed by atoms with Gasteiger partial charge < -0.3 is 78.7 Å². The van der Waals surface area contributed by atoms with Crippen LogP contribution in [-0.2, 0) is 76.8 Å². The Bertz CT molecular complexity index is 2610. The maximum atomic E-state index is 14.4. The summed E-state index contributed by atoms with van der Waals surface area (Å²) in [6.45, 7) is 6.19. The van der Waals surface area contributed by atoms with Crippen molar-refractivity contribution >= 4 is 82.9 Å². The first-order valence-electron chi connectivity index (χ1n) is 25.9. The molecule has 2 heterocycles. The molecule has 0 aliphatic rings. The number of carbonyl (C=O) groups is 12. The van der Waals surface area contributed by atoms with Gasteiger partial charge in [0.2, 0.25) is 47.3 Å². The third-order valence-electron chi connectivity index (χ3n) is 12.7. The highest BCUT2D eigenvalue weighted by Crippen LogP contribution is 2.14. The summed E-state index contributed by atoms with van der Waals surface area (Å²) in [6.07, 6.45) is 3.45. The Morgan fingerprint density at radius 1 is 0.531 bits per heavy atom. The Hall–Kier alpha value is -8.41. The van der Waals surface area contributed by atoms with E-state index in [0.717, 1.165) is 0 Å². The summed E-state index contributed by atoms with van der Waals surface area (Å²) in [5.41, 5.74) is 7.21. The first-order chi connectivity index (χ1) is 38.3. The fourth-order valence-corrected chi connectivity index (χ4v) is 8.39. The molecule has 0 saturated heterocycles. The summed E-state index contributed by atoms with van der Waals surface area (Å²) in [5, 5.41) is 58.4. The summed E-state index contributed by atoms with van der Waals surface area (Å²) in [6, 6.07) is -5.49. The van der Waals surface area contributed by atoms with Crippen LogP contribution in [0.2, 0.25) is 0 Å². The van der Waals surface area contributed by atoms with Gasteiger partial charge in [0.25, 0.3) is 0 Å². The van der Waals surface area contributed by atoms with E-state index in [9.17, 15) is 78.0 Å². The zero-order chi connectivity index (χ0) is 60.3. The number of nitrogens with two attached hydrogens (primary N) is 1. The number of rotatable bonds is 37. The van der Waals surface area contributed by atoms with E-state index in [1.807, 2.05) is 0 Å². The maximum absolute atomic E-state index is 14.4. The monoisotopic (exact) mass is 1160 g/mol. The van der Waals surface area contributed by atoms with E-state index in [0.29, 0.717) is 17.0 Å². The van der Waals surface area contributed by atoms with Crippen LogP contribution in [0.15, 0.2) is 55.4 Å². The van der Waals surface area contributed by atoms with Gasteiger partial charge in [-0.3, -0.25) is 52.7 Å². The number of H-pyrrole nitrogens is 2. The second-order valence-corrected chi connectivity index (χ2v) is 20.4. The molecule has 0 aliphatic heterocycles. The minimum Gasteiger partial charge on any atom is -0.481 e. The van der Waals surface area contributed by atoms with Gasteiger partial charge in [-0.15, -0.1) is 0 Å². The molecule has 10 atom stereocenters. The number of aliphatic carboxylic acids is 4. The number of amides is 8. The largest absolute Gasteiger partial charge is 0.481 e. The number of hydrogen-bond acceptors (Lipinski definition) is 16. The lowest BCUT2D eigenvalue weighted by Crippen LogP contribution is -2.62. The van der Waals surface area contributed by atoms with Crippen molar-refractivity contribution < 1.29 is 78.0 Å². The van der Waals surface area contributed by atoms with Crippen LogP contribution in [0.3, 0.4) is 0 Å². The fourth-order valence-electron chi connectivity index (χ4n) is 7.90. The number of hydrogen-bond donors (Lipinski definition) is 15. The molecule has 0 fully saturated rings. The third kappa shape index (κ3) is 23.5. The third-order valence-corrected chi connectivity index (χ3v) is 13.3. The minimum atomic E-state index is -1.89. The van der Waals surface area contributed by atoms with E-state index in [2.05, 4.69) is 62.5 Å². The molecule has 3 aromatic rings. The molecule has 0 aliphatic carbocycles. The number of carboxylic acids is 4. The number of nitrogens with zero attached hydrogens (tertiary/aromatic N) is 2. The van der Waals surface area contributed by atoms with Gasteiger partial charge in [0, 0.05) is 55.9 Å². The number of aromatic nitrogens is 4.